The van der Waals surface area contributed by atoms with E-state index in [0.29, 0.717) is 0 Å². The normalized spacial score (nSPS) is 25.3. The molecule has 1 aromatic heterocycles. The highest BCUT2D eigenvalue weighted by molar-refractivity contribution is 4.97. The summed E-state index contributed by atoms with van der Waals surface area (Å²) in [5, 5.41) is 11.9. The number of hydrogen-bond donors (Lipinski definition) is 1. The van der Waals surface area contributed by atoms with Crippen molar-refractivity contribution in [1.29, 1.82) is 0 Å². The van der Waals surface area contributed by atoms with Crippen molar-refractivity contribution in [1.82, 2.24) is 20.3 Å². The molecule has 1 atom stereocenters. The van der Waals surface area contributed by atoms with Crippen LogP contribution in [-0.2, 0) is 16.8 Å². The number of nitrogens with one attached hydrogen (secondary N) is 1. The largest absolute Gasteiger partial charge is 0.380 e. The third-order valence-corrected chi connectivity index (χ3v) is 3.36. The molecule has 0 radical (unpaired) electrons. The maximum Gasteiger partial charge on any atom is 0.0965 e. The first-order chi connectivity index (χ1) is 8.39. The van der Waals surface area contributed by atoms with Crippen LogP contribution in [0.15, 0.2) is 6.20 Å². The van der Waals surface area contributed by atoms with E-state index in [9.17, 15) is 0 Å². The molecule has 1 saturated heterocycles. The number of ether oxygens (including phenoxy) is 1. The van der Waals surface area contributed by atoms with Gasteiger partial charge in [0.05, 0.1) is 24.0 Å². The summed E-state index contributed by atoms with van der Waals surface area (Å²) in [5.74, 6) is 0. The second-order valence-electron chi connectivity index (χ2n) is 6.40. The van der Waals surface area contributed by atoms with Gasteiger partial charge in [0.1, 0.15) is 0 Å². The summed E-state index contributed by atoms with van der Waals surface area (Å²) in [4.78, 5) is 0. The van der Waals surface area contributed by atoms with Crippen molar-refractivity contribution in [2.45, 2.75) is 58.2 Å². The number of hydrogen-bond acceptors (Lipinski definition) is 4. The third kappa shape index (κ3) is 3.29. The molecule has 1 aromatic rings. The van der Waals surface area contributed by atoms with E-state index in [1.807, 2.05) is 10.9 Å². The van der Waals surface area contributed by atoms with Crippen LogP contribution in [0.1, 0.15) is 46.2 Å². The summed E-state index contributed by atoms with van der Waals surface area (Å²) < 4.78 is 7.44. The van der Waals surface area contributed by atoms with Crippen LogP contribution in [0.3, 0.4) is 0 Å². The molecule has 0 saturated carbocycles. The zero-order valence-corrected chi connectivity index (χ0v) is 11.9. The first-order valence-corrected chi connectivity index (χ1v) is 6.64. The Morgan fingerprint density at radius 2 is 2.28 bits per heavy atom. The predicted molar refractivity (Wildman–Crippen MR) is 70.3 cm³/mol. The molecule has 0 bridgehead atoms. The van der Waals surface area contributed by atoms with Gasteiger partial charge >= 0.3 is 0 Å². The molecule has 0 spiro atoms. The van der Waals surface area contributed by atoms with Gasteiger partial charge < -0.3 is 10.1 Å². The highest BCUT2D eigenvalue weighted by Gasteiger charge is 2.27. The lowest BCUT2D eigenvalue weighted by Crippen LogP contribution is -2.48. The van der Waals surface area contributed by atoms with Gasteiger partial charge in [0.15, 0.2) is 0 Å². The molecule has 5 nitrogen and oxygen atoms in total. The molecule has 2 rings (SSSR count). The molecular weight excluding hydrogens is 228 g/mol. The van der Waals surface area contributed by atoms with Crippen LogP contribution in [0.4, 0.5) is 0 Å². The summed E-state index contributed by atoms with van der Waals surface area (Å²) in [6, 6.07) is 0. The van der Waals surface area contributed by atoms with Gasteiger partial charge in [0.25, 0.3) is 0 Å². The van der Waals surface area contributed by atoms with E-state index in [0.717, 1.165) is 38.3 Å². The molecule has 1 N–H and O–H groups in total. The van der Waals surface area contributed by atoms with Crippen molar-refractivity contribution in [3.63, 3.8) is 0 Å². The van der Waals surface area contributed by atoms with E-state index in [-0.39, 0.29) is 11.1 Å². The smallest absolute Gasteiger partial charge is 0.0965 e. The number of nitrogens with zero attached hydrogens (tertiary/aromatic N) is 3. The Balaban J connectivity index is 1.92. The Kier molecular flexibility index (Phi) is 3.73. The zero-order valence-electron chi connectivity index (χ0n) is 11.9. The minimum absolute atomic E-state index is 0.0108. The zero-order chi connectivity index (χ0) is 13.2. The van der Waals surface area contributed by atoms with Gasteiger partial charge in [-0.05, 0) is 40.5 Å². The summed E-state index contributed by atoms with van der Waals surface area (Å²) in [5.41, 5.74) is 1.05. The second kappa shape index (κ2) is 4.97. The summed E-state index contributed by atoms with van der Waals surface area (Å²) in [6.07, 6.45) is 4.29. The maximum absolute atomic E-state index is 5.53. The quantitative estimate of drug-likeness (QED) is 0.889. The van der Waals surface area contributed by atoms with Gasteiger partial charge in [-0.25, -0.2) is 4.68 Å². The second-order valence-corrected chi connectivity index (χ2v) is 6.40. The fourth-order valence-electron chi connectivity index (χ4n) is 2.08. The first-order valence-electron chi connectivity index (χ1n) is 6.64. The average molecular weight is 252 g/mol. The molecule has 2 heterocycles. The monoisotopic (exact) mass is 252 g/mol. The van der Waals surface area contributed by atoms with Gasteiger partial charge in [-0.1, -0.05) is 5.21 Å². The van der Waals surface area contributed by atoms with Crippen LogP contribution >= 0.6 is 0 Å². The van der Waals surface area contributed by atoms with Crippen LogP contribution in [0.25, 0.3) is 0 Å². The third-order valence-electron chi connectivity index (χ3n) is 3.36. The van der Waals surface area contributed by atoms with E-state index >= 15 is 0 Å². The van der Waals surface area contributed by atoms with Crippen molar-refractivity contribution in [3.05, 3.63) is 11.9 Å². The van der Waals surface area contributed by atoms with E-state index < -0.39 is 0 Å². The Labute approximate surface area is 109 Å². The molecule has 102 valence electrons. The van der Waals surface area contributed by atoms with E-state index in [4.69, 9.17) is 4.74 Å². The Morgan fingerprint density at radius 1 is 1.50 bits per heavy atom. The highest BCUT2D eigenvalue weighted by Crippen LogP contribution is 2.19. The van der Waals surface area contributed by atoms with Crippen molar-refractivity contribution >= 4 is 0 Å². The predicted octanol–water partition coefficient (Wildman–Crippen LogP) is 1.69. The molecule has 0 amide bonds. The average Bonchev–Trinajstić information content (AvgIpc) is 2.76. The van der Waals surface area contributed by atoms with Crippen molar-refractivity contribution in [3.8, 4) is 0 Å². The standard InChI is InChI=1S/C13H24N4O/c1-12(2,3)17-9-11(15-16-17)8-14-13(4)6-5-7-18-10-13/h9,14H,5-8,10H2,1-4H3. The van der Waals surface area contributed by atoms with Crippen molar-refractivity contribution in [2.75, 3.05) is 13.2 Å². The number of rotatable bonds is 3. The van der Waals surface area contributed by atoms with E-state index in [1.165, 1.54) is 0 Å². The van der Waals surface area contributed by atoms with Gasteiger partial charge in [-0.2, -0.15) is 0 Å². The fourth-order valence-corrected chi connectivity index (χ4v) is 2.08. The van der Waals surface area contributed by atoms with Crippen LogP contribution in [-0.4, -0.2) is 33.7 Å². The van der Waals surface area contributed by atoms with E-state index in [1.54, 1.807) is 0 Å². The molecule has 1 aliphatic heterocycles. The Morgan fingerprint density at radius 3 is 2.83 bits per heavy atom. The van der Waals surface area contributed by atoms with Crippen molar-refractivity contribution in [2.24, 2.45) is 0 Å². The van der Waals surface area contributed by atoms with Crippen LogP contribution in [0.2, 0.25) is 0 Å². The SMILES string of the molecule is CC1(NCc2cn(C(C)(C)C)nn2)CCCOC1. The molecule has 1 fully saturated rings. The van der Waals surface area contributed by atoms with Crippen LogP contribution in [0.5, 0.6) is 0 Å². The van der Waals surface area contributed by atoms with Gasteiger partial charge in [-0.15, -0.1) is 5.10 Å². The lowest BCUT2D eigenvalue weighted by molar-refractivity contribution is 0.0276. The summed E-state index contributed by atoms with van der Waals surface area (Å²) in [6.45, 7) is 11.0. The van der Waals surface area contributed by atoms with Gasteiger partial charge in [-0.3, -0.25) is 0 Å². The summed E-state index contributed by atoms with van der Waals surface area (Å²) >= 11 is 0. The summed E-state index contributed by atoms with van der Waals surface area (Å²) in [7, 11) is 0. The molecule has 1 unspecified atom stereocenters. The van der Waals surface area contributed by atoms with Gasteiger partial charge in [0, 0.05) is 18.7 Å². The lowest BCUT2D eigenvalue weighted by atomic mass is 9.95. The molecule has 18 heavy (non-hydrogen) atoms. The van der Waals surface area contributed by atoms with Gasteiger partial charge in [0.2, 0.25) is 0 Å². The lowest BCUT2D eigenvalue weighted by Gasteiger charge is -2.34. The molecule has 0 aliphatic carbocycles. The highest BCUT2D eigenvalue weighted by atomic mass is 16.5. The van der Waals surface area contributed by atoms with Crippen molar-refractivity contribution < 1.29 is 4.74 Å². The van der Waals surface area contributed by atoms with Crippen LogP contribution < -0.4 is 5.32 Å². The Hall–Kier alpha value is -0.940. The van der Waals surface area contributed by atoms with Crippen LogP contribution in [0, 0.1) is 0 Å². The minimum Gasteiger partial charge on any atom is -0.380 e. The Bertz CT molecular complexity index is 388. The molecular formula is C13H24N4O. The molecule has 5 heteroatoms. The van der Waals surface area contributed by atoms with E-state index in [2.05, 4.69) is 43.3 Å². The minimum atomic E-state index is -0.0108. The topological polar surface area (TPSA) is 52.0 Å². The maximum atomic E-state index is 5.53. The first kappa shape index (κ1) is 13.5. The molecule has 0 aromatic carbocycles. The number of aromatic nitrogens is 3. The molecule has 1 aliphatic rings. The fraction of sp³-hybridized carbons (Fsp3) is 0.846.